The number of anilines is 1. The van der Waals surface area contributed by atoms with E-state index in [1.165, 1.54) is 18.4 Å². The zero-order chi connectivity index (χ0) is 13.8. The Morgan fingerprint density at radius 3 is 2.74 bits per heavy atom. The van der Waals surface area contributed by atoms with Crippen molar-refractivity contribution in [2.24, 2.45) is 0 Å². The standard InChI is InChI=1S/C13H13ClN2O2S/c1-16(7-9-3-5-10(14)6-4-9)13-15-11(8-19-13)12(17)18-2/h3-6,8H,7H2,1-2H3. The Hall–Kier alpha value is -1.59. The van der Waals surface area contributed by atoms with Crippen LogP contribution in [0.3, 0.4) is 0 Å². The zero-order valence-electron chi connectivity index (χ0n) is 10.6. The van der Waals surface area contributed by atoms with Crippen LogP contribution in [0.1, 0.15) is 16.1 Å². The molecule has 6 heteroatoms. The summed E-state index contributed by atoms with van der Waals surface area (Å²) >= 11 is 7.26. The van der Waals surface area contributed by atoms with Crippen LogP contribution in [0, 0.1) is 0 Å². The predicted octanol–water partition coefficient (Wildman–Crippen LogP) is 3.22. The van der Waals surface area contributed by atoms with E-state index in [4.69, 9.17) is 11.6 Å². The molecule has 0 saturated heterocycles. The molecule has 1 aromatic heterocycles. The SMILES string of the molecule is COC(=O)c1csc(N(C)Cc2ccc(Cl)cc2)n1. The molecule has 0 N–H and O–H groups in total. The summed E-state index contributed by atoms with van der Waals surface area (Å²) in [6.45, 7) is 0.700. The number of halogens is 1. The van der Waals surface area contributed by atoms with Crippen molar-refractivity contribution in [1.29, 1.82) is 0 Å². The Labute approximate surface area is 120 Å². The number of ether oxygens (including phenoxy) is 1. The van der Waals surface area contributed by atoms with E-state index in [0.29, 0.717) is 17.3 Å². The quantitative estimate of drug-likeness (QED) is 0.813. The molecule has 1 heterocycles. The van der Waals surface area contributed by atoms with Crippen LogP contribution in [0.4, 0.5) is 5.13 Å². The average molecular weight is 297 g/mol. The zero-order valence-corrected chi connectivity index (χ0v) is 12.2. The number of esters is 1. The number of carbonyl (C=O) groups is 1. The van der Waals surface area contributed by atoms with Gasteiger partial charge in [-0.05, 0) is 17.7 Å². The topological polar surface area (TPSA) is 42.4 Å². The van der Waals surface area contributed by atoms with Crippen LogP contribution in [0.2, 0.25) is 5.02 Å². The van der Waals surface area contributed by atoms with Crippen molar-refractivity contribution >= 4 is 34.0 Å². The first-order valence-corrected chi connectivity index (χ1v) is 6.85. The van der Waals surface area contributed by atoms with E-state index < -0.39 is 5.97 Å². The fraction of sp³-hybridized carbons (Fsp3) is 0.231. The summed E-state index contributed by atoms with van der Waals surface area (Å²) in [6.07, 6.45) is 0. The molecular weight excluding hydrogens is 284 g/mol. The molecule has 0 aliphatic carbocycles. The first-order valence-electron chi connectivity index (χ1n) is 5.59. The Balaban J connectivity index is 2.07. The van der Waals surface area contributed by atoms with Crippen molar-refractivity contribution in [1.82, 2.24) is 4.98 Å². The third-order valence-electron chi connectivity index (χ3n) is 2.55. The van der Waals surface area contributed by atoms with Gasteiger partial charge in [-0.2, -0.15) is 0 Å². The van der Waals surface area contributed by atoms with Gasteiger partial charge in [0.1, 0.15) is 0 Å². The number of aromatic nitrogens is 1. The van der Waals surface area contributed by atoms with Crippen molar-refractivity contribution < 1.29 is 9.53 Å². The maximum atomic E-state index is 11.3. The van der Waals surface area contributed by atoms with E-state index in [2.05, 4.69) is 9.72 Å². The molecule has 1 aromatic carbocycles. The maximum absolute atomic E-state index is 11.3. The lowest BCUT2D eigenvalue weighted by Gasteiger charge is -2.15. The first-order chi connectivity index (χ1) is 9.10. The number of nitrogens with zero attached hydrogens (tertiary/aromatic N) is 2. The van der Waals surface area contributed by atoms with Gasteiger partial charge >= 0.3 is 5.97 Å². The molecule has 0 amide bonds. The number of hydrogen-bond acceptors (Lipinski definition) is 5. The second kappa shape index (κ2) is 6.04. The van der Waals surface area contributed by atoms with Crippen LogP contribution in [-0.2, 0) is 11.3 Å². The molecule has 0 bridgehead atoms. The summed E-state index contributed by atoms with van der Waals surface area (Å²) in [5, 5.41) is 3.18. The number of thiazole rings is 1. The minimum Gasteiger partial charge on any atom is -0.464 e. The largest absolute Gasteiger partial charge is 0.464 e. The lowest BCUT2D eigenvalue weighted by Crippen LogP contribution is -2.16. The van der Waals surface area contributed by atoms with E-state index in [1.807, 2.05) is 36.2 Å². The van der Waals surface area contributed by atoms with Gasteiger partial charge < -0.3 is 9.64 Å². The fourth-order valence-electron chi connectivity index (χ4n) is 1.57. The summed E-state index contributed by atoms with van der Waals surface area (Å²) in [5.74, 6) is -0.414. The molecule has 0 spiro atoms. The minimum atomic E-state index is -0.414. The molecule has 19 heavy (non-hydrogen) atoms. The molecule has 0 atom stereocenters. The van der Waals surface area contributed by atoms with Crippen molar-refractivity contribution in [2.45, 2.75) is 6.54 Å². The minimum absolute atomic E-state index is 0.338. The summed E-state index contributed by atoms with van der Waals surface area (Å²) in [4.78, 5) is 17.5. The van der Waals surface area contributed by atoms with Crippen LogP contribution >= 0.6 is 22.9 Å². The Kier molecular flexibility index (Phi) is 4.39. The summed E-state index contributed by atoms with van der Waals surface area (Å²) in [7, 11) is 3.27. The molecule has 0 aliphatic rings. The van der Waals surface area contributed by atoms with Crippen molar-refractivity contribution in [3.63, 3.8) is 0 Å². The summed E-state index contributed by atoms with van der Waals surface area (Å²) in [5.41, 5.74) is 1.46. The first kappa shape index (κ1) is 13.8. The van der Waals surface area contributed by atoms with Gasteiger partial charge in [0.25, 0.3) is 0 Å². The molecule has 0 radical (unpaired) electrons. The molecule has 0 unspecified atom stereocenters. The lowest BCUT2D eigenvalue weighted by molar-refractivity contribution is 0.0595. The van der Waals surface area contributed by atoms with Gasteiger partial charge in [0.2, 0.25) is 0 Å². The average Bonchev–Trinajstić information content (AvgIpc) is 2.90. The lowest BCUT2D eigenvalue weighted by atomic mass is 10.2. The number of rotatable bonds is 4. The highest BCUT2D eigenvalue weighted by Gasteiger charge is 2.13. The molecule has 2 aromatic rings. The fourth-order valence-corrected chi connectivity index (χ4v) is 2.46. The van der Waals surface area contributed by atoms with Gasteiger partial charge in [-0.25, -0.2) is 9.78 Å². The number of carbonyl (C=O) groups excluding carboxylic acids is 1. The Morgan fingerprint density at radius 1 is 1.42 bits per heavy atom. The van der Waals surface area contributed by atoms with Crippen LogP contribution in [0.5, 0.6) is 0 Å². The smallest absolute Gasteiger partial charge is 0.357 e. The Bertz CT molecular complexity index is 568. The van der Waals surface area contributed by atoms with Gasteiger partial charge in [-0.1, -0.05) is 23.7 Å². The van der Waals surface area contributed by atoms with Gasteiger partial charge in [0.15, 0.2) is 10.8 Å². The molecule has 0 fully saturated rings. The van der Waals surface area contributed by atoms with Crippen LogP contribution in [-0.4, -0.2) is 25.1 Å². The van der Waals surface area contributed by atoms with Crippen molar-refractivity contribution in [3.8, 4) is 0 Å². The van der Waals surface area contributed by atoms with Gasteiger partial charge in [0.05, 0.1) is 7.11 Å². The molecule has 4 nitrogen and oxygen atoms in total. The third kappa shape index (κ3) is 3.45. The van der Waals surface area contributed by atoms with Crippen LogP contribution in [0.15, 0.2) is 29.6 Å². The third-order valence-corrected chi connectivity index (χ3v) is 3.75. The highest BCUT2D eigenvalue weighted by atomic mass is 35.5. The van der Waals surface area contributed by atoms with Crippen LogP contribution in [0.25, 0.3) is 0 Å². The molecule has 100 valence electrons. The number of benzene rings is 1. The van der Waals surface area contributed by atoms with E-state index in [1.54, 1.807) is 5.38 Å². The van der Waals surface area contributed by atoms with Gasteiger partial charge in [-0.15, -0.1) is 11.3 Å². The second-order valence-electron chi connectivity index (χ2n) is 3.99. The molecule has 0 aliphatic heterocycles. The second-order valence-corrected chi connectivity index (χ2v) is 5.26. The monoisotopic (exact) mass is 296 g/mol. The van der Waals surface area contributed by atoms with Crippen molar-refractivity contribution in [3.05, 3.63) is 45.9 Å². The summed E-state index contributed by atoms with van der Waals surface area (Å²) in [6, 6.07) is 7.64. The van der Waals surface area contributed by atoms with E-state index in [9.17, 15) is 4.79 Å². The molecule has 0 saturated carbocycles. The van der Waals surface area contributed by atoms with Crippen molar-refractivity contribution in [2.75, 3.05) is 19.1 Å². The van der Waals surface area contributed by atoms with Gasteiger partial charge in [0, 0.05) is 24.0 Å². The van der Waals surface area contributed by atoms with E-state index in [0.717, 1.165) is 10.7 Å². The highest BCUT2D eigenvalue weighted by Crippen LogP contribution is 2.22. The summed E-state index contributed by atoms with van der Waals surface area (Å²) < 4.78 is 4.63. The predicted molar refractivity (Wildman–Crippen MR) is 77.0 cm³/mol. The number of hydrogen-bond donors (Lipinski definition) is 0. The Morgan fingerprint density at radius 2 is 2.11 bits per heavy atom. The highest BCUT2D eigenvalue weighted by molar-refractivity contribution is 7.13. The number of methoxy groups -OCH3 is 1. The molecule has 2 rings (SSSR count). The van der Waals surface area contributed by atoms with E-state index in [-0.39, 0.29) is 0 Å². The molecular formula is C13H13ClN2O2S. The van der Waals surface area contributed by atoms with Crippen LogP contribution < -0.4 is 4.90 Å². The van der Waals surface area contributed by atoms with Gasteiger partial charge in [-0.3, -0.25) is 0 Å². The maximum Gasteiger partial charge on any atom is 0.357 e. The normalized spacial score (nSPS) is 10.3. The van der Waals surface area contributed by atoms with E-state index >= 15 is 0 Å².